The normalized spacial score (nSPS) is 24.7. The first-order valence-electron chi connectivity index (χ1n) is 3.97. The molecule has 1 aliphatic carbocycles. The van der Waals surface area contributed by atoms with Gasteiger partial charge in [0.25, 0.3) is 0 Å². The molecule has 0 radical (unpaired) electrons. The van der Waals surface area contributed by atoms with Crippen molar-refractivity contribution in [3.8, 4) is 0 Å². The first kappa shape index (κ1) is 7.46. The zero-order chi connectivity index (χ0) is 6.69. The van der Waals surface area contributed by atoms with Gasteiger partial charge in [-0.05, 0) is 17.6 Å². The zero-order valence-corrected chi connectivity index (χ0v) is 7.03. The van der Waals surface area contributed by atoms with Gasteiger partial charge in [-0.2, -0.15) is 12.6 Å². The van der Waals surface area contributed by atoms with Gasteiger partial charge in [-0.25, -0.2) is 0 Å². The van der Waals surface area contributed by atoms with E-state index in [9.17, 15) is 0 Å². The van der Waals surface area contributed by atoms with E-state index in [0.29, 0.717) is 5.25 Å². The summed E-state index contributed by atoms with van der Waals surface area (Å²) in [5.41, 5.74) is 0. The van der Waals surface area contributed by atoms with E-state index in [1.807, 2.05) is 0 Å². The van der Waals surface area contributed by atoms with E-state index in [0.717, 1.165) is 5.92 Å². The number of hydrogen-bond acceptors (Lipinski definition) is 1. The second-order valence-corrected chi connectivity index (χ2v) is 4.12. The summed E-state index contributed by atoms with van der Waals surface area (Å²) in [7, 11) is 0. The van der Waals surface area contributed by atoms with Crippen LogP contribution in [0.5, 0.6) is 0 Å². The van der Waals surface area contributed by atoms with Gasteiger partial charge in [0.05, 0.1) is 0 Å². The molecular weight excluding hydrogens is 128 g/mol. The van der Waals surface area contributed by atoms with Crippen LogP contribution in [0.2, 0.25) is 0 Å². The van der Waals surface area contributed by atoms with E-state index in [1.165, 1.54) is 32.1 Å². The maximum absolute atomic E-state index is 4.37. The highest BCUT2D eigenvalue weighted by atomic mass is 32.1. The molecule has 1 atom stereocenters. The fraction of sp³-hybridized carbons (Fsp3) is 1.00. The van der Waals surface area contributed by atoms with E-state index in [2.05, 4.69) is 19.6 Å². The predicted octanol–water partition coefficient (Wildman–Crippen LogP) is 2.89. The Labute approximate surface area is 63.4 Å². The van der Waals surface area contributed by atoms with E-state index in [1.54, 1.807) is 0 Å². The van der Waals surface area contributed by atoms with Crippen molar-refractivity contribution in [1.29, 1.82) is 0 Å². The maximum atomic E-state index is 4.37. The van der Waals surface area contributed by atoms with Crippen molar-refractivity contribution in [2.45, 2.75) is 44.3 Å². The highest BCUT2D eigenvalue weighted by Crippen LogP contribution is 2.29. The lowest BCUT2D eigenvalue weighted by molar-refractivity contribution is 0.504. The second kappa shape index (κ2) is 3.50. The molecular formula is C8H16S. The summed E-state index contributed by atoms with van der Waals surface area (Å²) in [6, 6.07) is 0. The molecule has 9 heavy (non-hydrogen) atoms. The highest BCUT2D eigenvalue weighted by molar-refractivity contribution is 7.80. The molecule has 1 heteroatoms. The molecule has 1 aliphatic rings. The Morgan fingerprint density at radius 3 is 2.44 bits per heavy atom. The Morgan fingerprint density at radius 2 is 2.00 bits per heavy atom. The molecule has 0 spiro atoms. The Kier molecular flexibility index (Phi) is 2.90. The fourth-order valence-corrected chi connectivity index (χ4v) is 2.03. The lowest BCUT2D eigenvalue weighted by Gasteiger charge is -2.09. The smallest absolute Gasteiger partial charge is 0.000895 e. The van der Waals surface area contributed by atoms with Crippen LogP contribution in [0.4, 0.5) is 0 Å². The molecule has 1 rings (SSSR count). The molecule has 0 saturated heterocycles. The van der Waals surface area contributed by atoms with Gasteiger partial charge in [-0.3, -0.25) is 0 Å². The van der Waals surface area contributed by atoms with Gasteiger partial charge in [-0.1, -0.05) is 32.6 Å². The van der Waals surface area contributed by atoms with E-state index in [4.69, 9.17) is 0 Å². The minimum Gasteiger partial charge on any atom is -0.176 e. The third kappa shape index (κ3) is 2.61. The summed E-state index contributed by atoms with van der Waals surface area (Å²) in [4.78, 5) is 0. The Hall–Kier alpha value is 0.350. The van der Waals surface area contributed by atoms with Crippen LogP contribution < -0.4 is 0 Å². The van der Waals surface area contributed by atoms with Crippen molar-refractivity contribution < 1.29 is 0 Å². The van der Waals surface area contributed by atoms with Crippen LogP contribution in [-0.4, -0.2) is 5.25 Å². The molecule has 0 heterocycles. The summed E-state index contributed by atoms with van der Waals surface area (Å²) in [5.74, 6) is 1.01. The summed E-state index contributed by atoms with van der Waals surface area (Å²) in [6.07, 6.45) is 7.19. The van der Waals surface area contributed by atoms with Crippen LogP contribution in [0.1, 0.15) is 39.0 Å². The summed E-state index contributed by atoms with van der Waals surface area (Å²) < 4.78 is 0. The molecule has 1 saturated carbocycles. The van der Waals surface area contributed by atoms with E-state index < -0.39 is 0 Å². The average molecular weight is 144 g/mol. The zero-order valence-electron chi connectivity index (χ0n) is 6.14. The summed E-state index contributed by atoms with van der Waals surface area (Å²) >= 11 is 4.37. The molecule has 0 unspecified atom stereocenters. The molecule has 0 bridgehead atoms. The van der Waals surface area contributed by atoms with Crippen molar-refractivity contribution in [3.63, 3.8) is 0 Å². The number of thiol groups is 1. The molecule has 0 aromatic carbocycles. The van der Waals surface area contributed by atoms with Gasteiger partial charge < -0.3 is 0 Å². The maximum Gasteiger partial charge on any atom is -0.000895 e. The summed E-state index contributed by atoms with van der Waals surface area (Å²) in [6.45, 7) is 2.20. The van der Waals surface area contributed by atoms with Crippen LogP contribution in [0, 0.1) is 5.92 Å². The van der Waals surface area contributed by atoms with Gasteiger partial charge in [0, 0.05) is 0 Å². The van der Waals surface area contributed by atoms with Crippen molar-refractivity contribution in [1.82, 2.24) is 0 Å². The van der Waals surface area contributed by atoms with Crippen molar-refractivity contribution >= 4 is 12.6 Å². The predicted molar refractivity (Wildman–Crippen MR) is 45.0 cm³/mol. The van der Waals surface area contributed by atoms with Crippen LogP contribution in [0.25, 0.3) is 0 Å². The van der Waals surface area contributed by atoms with Gasteiger partial charge in [0.15, 0.2) is 0 Å². The van der Waals surface area contributed by atoms with Gasteiger partial charge in [-0.15, -0.1) is 0 Å². The molecule has 0 aliphatic heterocycles. The van der Waals surface area contributed by atoms with Gasteiger partial charge in [0.2, 0.25) is 0 Å². The van der Waals surface area contributed by atoms with Crippen LogP contribution in [-0.2, 0) is 0 Å². The van der Waals surface area contributed by atoms with Gasteiger partial charge >= 0.3 is 0 Å². The third-order valence-electron chi connectivity index (χ3n) is 2.15. The largest absolute Gasteiger partial charge is 0.176 e. The van der Waals surface area contributed by atoms with Crippen LogP contribution >= 0.6 is 12.6 Å². The Bertz CT molecular complexity index is 72.6. The molecule has 1 fully saturated rings. The molecule has 0 aromatic rings. The molecule has 0 aromatic heterocycles. The Morgan fingerprint density at radius 1 is 1.44 bits per heavy atom. The fourth-order valence-electron chi connectivity index (χ4n) is 1.73. The van der Waals surface area contributed by atoms with Crippen LogP contribution in [0.3, 0.4) is 0 Å². The monoisotopic (exact) mass is 144 g/mol. The lowest BCUT2D eigenvalue weighted by atomic mass is 10.0. The second-order valence-electron chi connectivity index (χ2n) is 3.24. The first-order valence-corrected chi connectivity index (χ1v) is 4.48. The number of hydrogen-bond donors (Lipinski definition) is 1. The molecule has 0 nitrogen and oxygen atoms in total. The molecule has 0 N–H and O–H groups in total. The Balaban J connectivity index is 2.11. The molecule has 0 amide bonds. The van der Waals surface area contributed by atoms with Gasteiger partial charge in [0.1, 0.15) is 0 Å². The van der Waals surface area contributed by atoms with Crippen molar-refractivity contribution in [2.24, 2.45) is 5.92 Å². The topological polar surface area (TPSA) is 0 Å². The van der Waals surface area contributed by atoms with Crippen molar-refractivity contribution in [2.75, 3.05) is 0 Å². The van der Waals surface area contributed by atoms with Crippen molar-refractivity contribution in [3.05, 3.63) is 0 Å². The lowest BCUT2D eigenvalue weighted by Crippen LogP contribution is -2.00. The van der Waals surface area contributed by atoms with E-state index >= 15 is 0 Å². The molecule has 54 valence electrons. The minimum absolute atomic E-state index is 0.619. The summed E-state index contributed by atoms with van der Waals surface area (Å²) in [5, 5.41) is 0.619. The SMILES string of the molecule is C[C@H](S)CC1CCCC1. The number of rotatable bonds is 2. The van der Waals surface area contributed by atoms with Crippen LogP contribution in [0.15, 0.2) is 0 Å². The standard InChI is InChI=1S/C8H16S/c1-7(9)6-8-4-2-3-5-8/h7-9H,2-6H2,1H3/t7-/m0/s1. The quantitative estimate of drug-likeness (QED) is 0.566. The van der Waals surface area contributed by atoms with E-state index in [-0.39, 0.29) is 0 Å². The first-order chi connectivity index (χ1) is 4.29. The average Bonchev–Trinajstić information content (AvgIpc) is 2.15. The highest BCUT2D eigenvalue weighted by Gasteiger charge is 2.15. The third-order valence-corrected chi connectivity index (χ3v) is 2.36. The minimum atomic E-state index is 0.619.